The molecule has 0 amide bonds. The number of alkyl halides is 3. The van der Waals surface area contributed by atoms with Gasteiger partial charge in [0.05, 0.1) is 27.7 Å². The van der Waals surface area contributed by atoms with Crippen LogP contribution < -0.4 is 10.2 Å². The summed E-state index contributed by atoms with van der Waals surface area (Å²) in [6.45, 7) is 2.94. The van der Waals surface area contributed by atoms with Crippen LogP contribution in [-0.2, 0) is 18.4 Å². The van der Waals surface area contributed by atoms with Gasteiger partial charge in [-0.15, -0.1) is 11.3 Å². The molecule has 194 valence electrons. The maximum Gasteiger partial charge on any atom is 0.418 e. The number of hydrogen-bond acceptors (Lipinski definition) is 6. The number of benzene rings is 1. The van der Waals surface area contributed by atoms with Crippen molar-refractivity contribution < 1.29 is 23.0 Å². The Morgan fingerprint density at radius 1 is 1.16 bits per heavy atom. The molecule has 0 saturated heterocycles. The van der Waals surface area contributed by atoms with Crippen LogP contribution in [0.1, 0.15) is 31.4 Å². The second-order valence-corrected chi connectivity index (χ2v) is 11.6. The van der Waals surface area contributed by atoms with Gasteiger partial charge in [-0.1, -0.05) is 25.4 Å². The minimum atomic E-state index is -4.96. The number of aliphatic hydroxyl groups is 1. The summed E-state index contributed by atoms with van der Waals surface area (Å²) in [5.41, 5.74) is -1.43. The molecule has 11 heteroatoms. The zero-order chi connectivity index (χ0) is 26.6. The van der Waals surface area contributed by atoms with Gasteiger partial charge in [-0.3, -0.25) is 4.79 Å². The van der Waals surface area contributed by atoms with E-state index in [-0.39, 0.29) is 20.0 Å². The third-order valence-electron chi connectivity index (χ3n) is 6.72. The number of pyridine rings is 1. The Labute approximate surface area is 219 Å². The molecule has 1 aliphatic rings. The maximum absolute atomic E-state index is 14.5. The number of aromatic nitrogens is 3. The molecule has 1 atom stereocenters. The van der Waals surface area contributed by atoms with E-state index in [1.807, 2.05) is 6.07 Å². The van der Waals surface area contributed by atoms with Gasteiger partial charge in [0, 0.05) is 42.2 Å². The van der Waals surface area contributed by atoms with E-state index < -0.39 is 30.2 Å². The van der Waals surface area contributed by atoms with Crippen molar-refractivity contribution >= 4 is 33.2 Å². The van der Waals surface area contributed by atoms with Crippen molar-refractivity contribution in [1.82, 2.24) is 14.5 Å². The number of nitrogens with zero attached hydrogens (tertiary/aromatic N) is 3. The molecule has 0 aliphatic carbocycles. The number of rotatable bonds is 6. The van der Waals surface area contributed by atoms with E-state index in [4.69, 9.17) is 16.3 Å². The summed E-state index contributed by atoms with van der Waals surface area (Å²) >= 11 is 7.04. The van der Waals surface area contributed by atoms with Gasteiger partial charge >= 0.3 is 6.18 Å². The first kappa shape index (κ1) is 25.7. The summed E-state index contributed by atoms with van der Waals surface area (Å²) < 4.78 is 51.2. The van der Waals surface area contributed by atoms with Crippen molar-refractivity contribution in [2.75, 3.05) is 6.61 Å². The smallest absolute Gasteiger partial charge is 0.418 e. The largest absolute Gasteiger partial charge is 0.493 e. The predicted molar refractivity (Wildman–Crippen MR) is 136 cm³/mol. The number of thiophene rings is 1. The van der Waals surface area contributed by atoms with Crippen LogP contribution in [-0.4, -0.2) is 38.0 Å². The van der Waals surface area contributed by atoms with Crippen molar-refractivity contribution in [2.45, 2.75) is 50.4 Å². The van der Waals surface area contributed by atoms with Gasteiger partial charge in [-0.25, -0.2) is 9.97 Å². The molecule has 6 nitrogen and oxygen atoms in total. The average Bonchev–Trinajstić information content (AvgIpc) is 3.46. The highest BCUT2D eigenvalue weighted by Crippen LogP contribution is 2.47. The molecule has 0 spiro atoms. The van der Waals surface area contributed by atoms with Gasteiger partial charge in [0.2, 0.25) is 0 Å². The van der Waals surface area contributed by atoms with Crippen molar-refractivity contribution in [2.24, 2.45) is 0 Å². The fourth-order valence-electron chi connectivity index (χ4n) is 4.97. The van der Waals surface area contributed by atoms with E-state index in [1.165, 1.54) is 29.2 Å². The first-order valence-corrected chi connectivity index (χ1v) is 12.7. The quantitative estimate of drug-likeness (QED) is 0.330. The van der Waals surface area contributed by atoms with E-state index in [0.717, 1.165) is 28.0 Å². The molecule has 0 radical (unpaired) electrons. The second kappa shape index (κ2) is 9.11. The van der Waals surface area contributed by atoms with Crippen LogP contribution in [0.15, 0.2) is 54.0 Å². The van der Waals surface area contributed by atoms with Crippen LogP contribution in [0.4, 0.5) is 13.2 Å². The highest BCUT2D eigenvalue weighted by molar-refractivity contribution is 7.22. The Kier molecular flexibility index (Phi) is 6.32. The molecule has 1 unspecified atom stereocenters. The summed E-state index contributed by atoms with van der Waals surface area (Å²) in [4.78, 5) is 20.3. The van der Waals surface area contributed by atoms with Crippen molar-refractivity contribution in [3.63, 3.8) is 0 Å². The Bertz CT molecular complexity index is 1540. The third kappa shape index (κ3) is 4.73. The lowest BCUT2D eigenvalue weighted by Gasteiger charge is -2.39. The van der Waals surface area contributed by atoms with Gasteiger partial charge in [-0.2, -0.15) is 13.2 Å². The Morgan fingerprint density at radius 2 is 1.89 bits per heavy atom. The number of hydrogen-bond donors (Lipinski definition) is 1. The predicted octanol–water partition coefficient (Wildman–Crippen LogP) is 5.77. The first-order chi connectivity index (χ1) is 17.4. The fraction of sp³-hybridized carbons (Fsp3) is 0.346. The second-order valence-electron chi connectivity index (χ2n) is 9.90. The van der Waals surface area contributed by atoms with Crippen molar-refractivity contribution in [1.29, 1.82) is 0 Å². The molecular weight excluding hydrogens is 527 g/mol. The zero-order valence-electron chi connectivity index (χ0n) is 20.0. The lowest BCUT2D eigenvalue weighted by Crippen LogP contribution is -2.52. The van der Waals surface area contributed by atoms with Crippen LogP contribution >= 0.6 is 22.9 Å². The van der Waals surface area contributed by atoms with Gasteiger partial charge in [0.1, 0.15) is 12.1 Å². The molecule has 4 aromatic rings. The lowest BCUT2D eigenvalue weighted by molar-refractivity contribution is -0.271. The fourth-order valence-corrected chi connectivity index (χ4v) is 6.12. The zero-order valence-corrected chi connectivity index (χ0v) is 21.5. The highest BCUT2D eigenvalue weighted by atomic mass is 35.5. The molecule has 1 aromatic carbocycles. The summed E-state index contributed by atoms with van der Waals surface area (Å²) in [6.07, 6.45) is 0.949. The van der Waals surface area contributed by atoms with Gasteiger partial charge < -0.3 is 14.4 Å². The van der Waals surface area contributed by atoms with Crippen LogP contribution in [0.2, 0.25) is 4.34 Å². The van der Waals surface area contributed by atoms with E-state index in [9.17, 15) is 23.1 Å². The van der Waals surface area contributed by atoms with E-state index >= 15 is 0 Å². The Hall–Kier alpha value is -2.95. The standard InChI is InChI=1S/C26H23ClF3N3O3S/c1-24(2,18-8-16(17-10-31-14-32-11-17)7-15-4-6-36-22(15)18)12-25(35,26(28,29)30)13-33-5-3-20(34)23-19(33)9-21(27)37-23/h3,5,7-11,14,35H,4,6,12-13H2,1-2H3. The molecule has 0 fully saturated rings. The highest BCUT2D eigenvalue weighted by Gasteiger charge is 2.56. The normalized spacial score (nSPS) is 15.4. The molecule has 0 saturated carbocycles. The Balaban J connectivity index is 1.58. The summed E-state index contributed by atoms with van der Waals surface area (Å²) in [5, 5.41) is 11.3. The number of fused-ring (bicyclic) bond motifs is 2. The minimum Gasteiger partial charge on any atom is -0.493 e. The van der Waals surface area contributed by atoms with E-state index in [0.29, 0.717) is 24.3 Å². The van der Waals surface area contributed by atoms with Gasteiger partial charge in [0.15, 0.2) is 11.0 Å². The third-order valence-corrected chi connectivity index (χ3v) is 7.99. The summed E-state index contributed by atoms with van der Waals surface area (Å²) in [5.74, 6) is 0.547. The van der Waals surface area contributed by atoms with Crippen LogP contribution in [0, 0.1) is 0 Å². The van der Waals surface area contributed by atoms with Crippen molar-refractivity contribution in [3.8, 4) is 16.9 Å². The van der Waals surface area contributed by atoms with Crippen molar-refractivity contribution in [3.05, 3.63) is 74.9 Å². The van der Waals surface area contributed by atoms with Gasteiger partial charge in [-0.05, 0) is 41.2 Å². The average molecular weight is 550 g/mol. The topological polar surface area (TPSA) is 77.2 Å². The molecule has 1 N–H and O–H groups in total. The summed E-state index contributed by atoms with van der Waals surface area (Å²) in [7, 11) is 0. The van der Waals surface area contributed by atoms with Crippen LogP contribution in [0.5, 0.6) is 5.75 Å². The van der Waals surface area contributed by atoms with Crippen LogP contribution in [0.3, 0.4) is 0 Å². The van der Waals surface area contributed by atoms with Crippen LogP contribution in [0.25, 0.3) is 21.3 Å². The SMILES string of the molecule is CC(C)(CC(O)(Cn1ccc(=O)c2sc(Cl)cc21)C(F)(F)F)c1cc(-c2cncnc2)cc2c1OCC2. The molecular formula is C26H23ClF3N3O3S. The molecule has 1 aliphatic heterocycles. The summed E-state index contributed by atoms with van der Waals surface area (Å²) in [6, 6.07) is 6.35. The number of halogens is 4. The van der Waals surface area contributed by atoms with E-state index in [1.54, 1.807) is 32.3 Å². The lowest BCUT2D eigenvalue weighted by atomic mass is 9.73. The monoisotopic (exact) mass is 549 g/mol. The molecule has 4 heterocycles. The molecule has 3 aromatic heterocycles. The maximum atomic E-state index is 14.5. The Morgan fingerprint density at radius 3 is 2.59 bits per heavy atom. The van der Waals surface area contributed by atoms with Gasteiger partial charge in [0.25, 0.3) is 0 Å². The molecule has 0 bridgehead atoms. The minimum absolute atomic E-state index is 0.236. The number of ether oxygens (including phenoxy) is 1. The van der Waals surface area contributed by atoms with E-state index in [2.05, 4.69) is 9.97 Å². The molecule has 37 heavy (non-hydrogen) atoms. The first-order valence-electron chi connectivity index (χ1n) is 11.5. The molecule has 5 rings (SSSR count).